The highest BCUT2D eigenvalue weighted by Crippen LogP contribution is 2.35. The lowest BCUT2D eigenvalue weighted by Crippen LogP contribution is -2.08. The van der Waals surface area contributed by atoms with Crippen LogP contribution in [0.1, 0.15) is 11.3 Å². The predicted molar refractivity (Wildman–Crippen MR) is 64.7 cm³/mol. The summed E-state index contributed by atoms with van der Waals surface area (Å²) in [5, 5.41) is -0.447. The summed E-state index contributed by atoms with van der Waals surface area (Å²) in [5.74, 6) is 0. The Kier molecular flexibility index (Phi) is 3.88. The minimum Gasteiger partial charge on any atom is -0.232 e. The molecule has 1 aromatic carbocycles. The smallest absolute Gasteiger partial charge is 0.232 e. The molecule has 0 amide bonds. The van der Waals surface area contributed by atoms with Gasteiger partial charge in [0, 0.05) is 0 Å². The SMILES string of the molecule is FC(F)(F)c1cccc(-c2cc(Cl)nc(C(F)(F)F)c2)c1. The third-order valence-electron chi connectivity index (χ3n) is 2.61. The Labute approximate surface area is 120 Å². The maximum Gasteiger partial charge on any atom is 0.433 e. The van der Waals surface area contributed by atoms with E-state index in [1.807, 2.05) is 0 Å². The monoisotopic (exact) mass is 325 g/mol. The van der Waals surface area contributed by atoms with Gasteiger partial charge in [0.05, 0.1) is 5.56 Å². The number of aromatic nitrogens is 1. The van der Waals surface area contributed by atoms with Crippen molar-refractivity contribution in [3.63, 3.8) is 0 Å². The normalized spacial score (nSPS) is 12.5. The summed E-state index contributed by atoms with van der Waals surface area (Å²) >= 11 is 5.50. The molecule has 2 rings (SSSR count). The largest absolute Gasteiger partial charge is 0.433 e. The minimum absolute atomic E-state index is 0.0281. The average molecular weight is 326 g/mol. The third kappa shape index (κ3) is 3.66. The first-order chi connectivity index (χ1) is 9.57. The molecule has 1 nitrogen and oxygen atoms in total. The van der Waals surface area contributed by atoms with E-state index in [4.69, 9.17) is 11.6 Å². The number of hydrogen-bond donors (Lipinski definition) is 0. The molecular formula is C13H6ClF6N. The Morgan fingerprint density at radius 2 is 1.48 bits per heavy atom. The number of benzene rings is 1. The fraction of sp³-hybridized carbons (Fsp3) is 0.154. The topological polar surface area (TPSA) is 12.9 Å². The fourth-order valence-electron chi connectivity index (χ4n) is 1.68. The van der Waals surface area contributed by atoms with E-state index in [1.54, 1.807) is 0 Å². The lowest BCUT2D eigenvalue weighted by molar-refractivity contribution is -0.141. The number of hydrogen-bond acceptors (Lipinski definition) is 1. The van der Waals surface area contributed by atoms with Crippen LogP contribution in [0.4, 0.5) is 26.3 Å². The second kappa shape index (κ2) is 5.22. The average Bonchev–Trinajstić information content (AvgIpc) is 2.36. The fourth-order valence-corrected chi connectivity index (χ4v) is 1.89. The Bertz CT molecular complexity index is 662. The Balaban J connectivity index is 2.55. The number of nitrogens with zero attached hydrogens (tertiary/aromatic N) is 1. The summed E-state index contributed by atoms with van der Waals surface area (Å²) in [5.41, 5.74) is -2.34. The molecule has 8 heteroatoms. The molecule has 0 N–H and O–H groups in total. The second-order valence-corrected chi connectivity index (χ2v) is 4.53. The first-order valence-electron chi connectivity index (χ1n) is 5.50. The van der Waals surface area contributed by atoms with Gasteiger partial charge in [-0.2, -0.15) is 26.3 Å². The van der Waals surface area contributed by atoms with E-state index < -0.39 is 28.8 Å². The summed E-state index contributed by atoms with van der Waals surface area (Å²) in [7, 11) is 0. The van der Waals surface area contributed by atoms with Crippen LogP contribution < -0.4 is 0 Å². The zero-order chi connectivity index (χ0) is 15.8. The van der Waals surface area contributed by atoms with E-state index >= 15 is 0 Å². The molecular weight excluding hydrogens is 320 g/mol. The third-order valence-corrected chi connectivity index (χ3v) is 2.80. The van der Waals surface area contributed by atoms with Crippen molar-refractivity contribution in [3.05, 3.63) is 52.8 Å². The van der Waals surface area contributed by atoms with Gasteiger partial charge in [-0.3, -0.25) is 0 Å². The van der Waals surface area contributed by atoms with Gasteiger partial charge < -0.3 is 0 Å². The molecule has 0 aliphatic carbocycles. The van der Waals surface area contributed by atoms with Gasteiger partial charge >= 0.3 is 12.4 Å². The van der Waals surface area contributed by atoms with E-state index in [1.165, 1.54) is 6.07 Å². The van der Waals surface area contributed by atoms with E-state index in [0.717, 1.165) is 24.3 Å². The van der Waals surface area contributed by atoms with Gasteiger partial charge in [0.15, 0.2) is 0 Å². The van der Waals surface area contributed by atoms with Gasteiger partial charge in [-0.25, -0.2) is 4.98 Å². The predicted octanol–water partition coefficient (Wildman–Crippen LogP) is 5.44. The zero-order valence-electron chi connectivity index (χ0n) is 10.1. The van der Waals surface area contributed by atoms with Gasteiger partial charge in [0.1, 0.15) is 10.8 Å². The van der Waals surface area contributed by atoms with Crippen LogP contribution in [0.25, 0.3) is 11.1 Å². The van der Waals surface area contributed by atoms with Crippen molar-refractivity contribution in [1.29, 1.82) is 0 Å². The highest BCUT2D eigenvalue weighted by Gasteiger charge is 2.34. The van der Waals surface area contributed by atoms with E-state index in [2.05, 4.69) is 4.98 Å². The van der Waals surface area contributed by atoms with Crippen LogP contribution in [0.3, 0.4) is 0 Å². The molecule has 0 bridgehead atoms. The Morgan fingerprint density at radius 3 is 2.05 bits per heavy atom. The molecule has 0 atom stereocenters. The summed E-state index contributed by atoms with van der Waals surface area (Å²) in [6.45, 7) is 0. The van der Waals surface area contributed by atoms with Crippen LogP contribution >= 0.6 is 11.6 Å². The Morgan fingerprint density at radius 1 is 0.810 bits per heavy atom. The van der Waals surface area contributed by atoms with Gasteiger partial charge in [0.2, 0.25) is 0 Å². The molecule has 1 heterocycles. The molecule has 0 unspecified atom stereocenters. The first-order valence-corrected chi connectivity index (χ1v) is 5.87. The van der Waals surface area contributed by atoms with Crippen molar-refractivity contribution in [1.82, 2.24) is 4.98 Å². The maximum absolute atomic E-state index is 12.6. The Hall–Kier alpha value is -1.76. The summed E-state index contributed by atoms with van der Waals surface area (Å²) in [6, 6.07) is 5.69. The standard InChI is InChI=1S/C13H6ClF6N/c14-11-6-8(5-10(21-11)13(18,19)20)7-2-1-3-9(4-7)12(15,16)17/h1-6H. The number of halogens is 7. The van der Waals surface area contributed by atoms with Crippen LogP contribution in [0.5, 0.6) is 0 Å². The van der Waals surface area contributed by atoms with Gasteiger partial charge in [-0.1, -0.05) is 23.7 Å². The molecule has 112 valence electrons. The molecule has 0 spiro atoms. The lowest BCUT2D eigenvalue weighted by atomic mass is 10.0. The highest BCUT2D eigenvalue weighted by molar-refractivity contribution is 6.29. The quantitative estimate of drug-likeness (QED) is 0.502. The molecule has 0 aliphatic heterocycles. The molecule has 2 aromatic rings. The first kappa shape index (κ1) is 15.6. The van der Waals surface area contributed by atoms with E-state index in [0.29, 0.717) is 6.07 Å². The zero-order valence-corrected chi connectivity index (χ0v) is 10.8. The molecule has 1 aromatic heterocycles. The van der Waals surface area contributed by atoms with Crippen LogP contribution in [0.15, 0.2) is 36.4 Å². The number of rotatable bonds is 1. The van der Waals surface area contributed by atoms with Crippen LogP contribution in [0.2, 0.25) is 5.15 Å². The maximum atomic E-state index is 12.6. The van der Waals surface area contributed by atoms with Crippen LogP contribution in [-0.4, -0.2) is 4.98 Å². The van der Waals surface area contributed by atoms with Crippen molar-refractivity contribution in [2.24, 2.45) is 0 Å². The van der Waals surface area contributed by atoms with Gasteiger partial charge in [0.25, 0.3) is 0 Å². The van der Waals surface area contributed by atoms with Crippen molar-refractivity contribution < 1.29 is 26.3 Å². The molecule has 21 heavy (non-hydrogen) atoms. The number of alkyl halides is 6. The molecule has 0 aliphatic rings. The molecule has 0 fully saturated rings. The van der Waals surface area contributed by atoms with Gasteiger partial charge in [-0.15, -0.1) is 0 Å². The second-order valence-electron chi connectivity index (χ2n) is 4.14. The molecule has 0 saturated heterocycles. The summed E-state index contributed by atoms with van der Waals surface area (Å²) in [4.78, 5) is 3.12. The van der Waals surface area contributed by atoms with E-state index in [-0.39, 0.29) is 11.1 Å². The van der Waals surface area contributed by atoms with Crippen molar-refractivity contribution in [2.45, 2.75) is 12.4 Å². The van der Waals surface area contributed by atoms with Crippen molar-refractivity contribution in [3.8, 4) is 11.1 Å². The lowest BCUT2D eigenvalue weighted by Gasteiger charge is -2.11. The van der Waals surface area contributed by atoms with Crippen molar-refractivity contribution in [2.75, 3.05) is 0 Å². The van der Waals surface area contributed by atoms with Crippen LogP contribution in [0, 0.1) is 0 Å². The minimum atomic E-state index is -4.73. The van der Waals surface area contributed by atoms with Crippen LogP contribution in [-0.2, 0) is 12.4 Å². The summed E-state index contributed by atoms with van der Waals surface area (Å²) < 4.78 is 75.7. The summed E-state index contributed by atoms with van der Waals surface area (Å²) in [6.07, 6.45) is -9.32. The highest BCUT2D eigenvalue weighted by atomic mass is 35.5. The van der Waals surface area contributed by atoms with E-state index in [9.17, 15) is 26.3 Å². The molecule has 0 saturated carbocycles. The number of pyridine rings is 1. The van der Waals surface area contributed by atoms with Crippen molar-refractivity contribution >= 4 is 11.6 Å². The molecule has 0 radical (unpaired) electrons. The van der Waals surface area contributed by atoms with Gasteiger partial charge in [-0.05, 0) is 35.4 Å².